The number of likely N-dealkylation sites (tertiary alicyclic amines) is 1. The van der Waals surface area contributed by atoms with Crippen LogP contribution in [0.5, 0.6) is 0 Å². The van der Waals surface area contributed by atoms with Gasteiger partial charge >= 0.3 is 0 Å². The smallest absolute Gasteiger partial charge is 0.251 e. The van der Waals surface area contributed by atoms with Crippen molar-refractivity contribution in [2.24, 2.45) is 11.8 Å². The van der Waals surface area contributed by atoms with Crippen LogP contribution in [0.1, 0.15) is 54.1 Å². The number of para-hydroxylation sites is 1. The van der Waals surface area contributed by atoms with Gasteiger partial charge in [-0.05, 0) is 55.2 Å². The Morgan fingerprint density at radius 3 is 2.63 bits per heavy atom. The van der Waals surface area contributed by atoms with Gasteiger partial charge in [0.2, 0.25) is 5.91 Å². The van der Waals surface area contributed by atoms with E-state index in [1.165, 1.54) is 5.56 Å². The maximum absolute atomic E-state index is 14.1. The first-order valence-corrected chi connectivity index (χ1v) is 13.9. The van der Waals surface area contributed by atoms with E-state index >= 15 is 0 Å². The Kier molecular flexibility index (Phi) is 8.19. The van der Waals surface area contributed by atoms with Gasteiger partial charge in [-0.3, -0.25) is 9.59 Å². The summed E-state index contributed by atoms with van der Waals surface area (Å²) in [6, 6.07) is 15.7. The monoisotopic (exact) mass is 520 g/mol. The summed E-state index contributed by atoms with van der Waals surface area (Å²) in [5, 5.41) is 16.0. The molecule has 5 atom stereocenters. The highest BCUT2D eigenvalue weighted by Crippen LogP contribution is 2.47. The van der Waals surface area contributed by atoms with Gasteiger partial charge in [0.25, 0.3) is 5.91 Å². The molecule has 8 heteroatoms. The zero-order valence-electron chi connectivity index (χ0n) is 22.4. The summed E-state index contributed by atoms with van der Waals surface area (Å²) in [6.07, 6.45) is 4.55. The van der Waals surface area contributed by atoms with Gasteiger partial charge in [-0.25, -0.2) is 0 Å². The first-order valence-electron chi connectivity index (χ1n) is 13.9. The van der Waals surface area contributed by atoms with Crippen LogP contribution in [0.2, 0.25) is 0 Å². The summed E-state index contributed by atoms with van der Waals surface area (Å²) in [5.74, 6) is 0.103. The number of benzene rings is 2. The van der Waals surface area contributed by atoms with Gasteiger partial charge in [0.1, 0.15) is 0 Å². The Hall–Kier alpha value is -3.10. The van der Waals surface area contributed by atoms with Crippen LogP contribution in [0.3, 0.4) is 0 Å². The molecule has 1 saturated carbocycles. The lowest BCUT2D eigenvalue weighted by molar-refractivity contribution is -0.139. The second-order valence-electron chi connectivity index (χ2n) is 10.9. The number of hydrogen-bond acceptors (Lipinski definition) is 6. The molecule has 2 fully saturated rings. The van der Waals surface area contributed by atoms with Crippen LogP contribution in [-0.2, 0) is 9.53 Å². The Morgan fingerprint density at radius 1 is 1.11 bits per heavy atom. The van der Waals surface area contributed by atoms with Gasteiger partial charge < -0.3 is 30.3 Å². The minimum Gasteiger partial charge on any atom is -0.395 e. The predicted molar refractivity (Wildman–Crippen MR) is 148 cm³/mol. The molecule has 0 unspecified atom stereocenters. The van der Waals surface area contributed by atoms with Crippen molar-refractivity contribution in [1.29, 1.82) is 0 Å². The molecule has 8 nitrogen and oxygen atoms in total. The SMILES string of the molecule is COC[C@@H]1Nc2ccccc2[C@H]2[C@@H]1CCN2C(=O)[C@H]1CCCC[C@H]1NC(=O)c1ccc(N(C)CCO)cc1. The van der Waals surface area contributed by atoms with Gasteiger partial charge in [-0.15, -0.1) is 0 Å². The topological polar surface area (TPSA) is 94.1 Å². The van der Waals surface area contributed by atoms with E-state index < -0.39 is 0 Å². The fourth-order valence-electron chi connectivity index (χ4n) is 6.63. The third kappa shape index (κ3) is 5.24. The molecule has 0 bridgehead atoms. The molecule has 2 heterocycles. The Labute approximate surface area is 225 Å². The number of aliphatic hydroxyl groups is 1. The standard InChI is InChI=1S/C30H40N4O4/c1-33(17-18-35)21-13-11-20(12-14-21)29(36)32-26-10-6-4-8-24(26)30(37)34-16-15-23-27(19-38-2)31-25-9-5-3-7-22(25)28(23)34/h3,5,7,9,11-14,23-24,26-28,31,35H,4,6,8,10,15-19H2,1-2H3,(H,32,36)/t23-,24+,26-,27+,28+/m1/s1. The van der Waals surface area contributed by atoms with Crippen LogP contribution < -0.4 is 15.5 Å². The summed E-state index contributed by atoms with van der Waals surface area (Å²) in [6.45, 7) is 1.94. The highest BCUT2D eigenvalue weighted by Gasteiger charge is 2.48. The largest absolute Gasteiger partial charge is 0.395 e. The second kappa shape index (κ2) is 11.7. The van der Waals surface area contributed by atoms with Crippen molar-refractivity contribution < 1.29 is 19.4 Å². The van der Waals surface area contributed by atoms with Crippen LogP contribution in [0, 0.1) is 11.8 Å². The first kappa shape index (κ1) is 26.5. The number of fused-ring (bicyclic) bond motifs is 3. The van der Waals surface area contributed by atoms with Crippen LogP contribution in [0.4, 0.5) is 11.4 Å². The lowest BCUT2D eigenvalue weighted by Gasteiger charge is -2.41. The summed E-state index contributed by atoms with van der Waals surface area (Å²) in [5.41, 5.74) is 3.79. The third-order valence-corrected chi connectivity index (χ3v) is 8.62. The molecule has 3 N–H and O–H groups in total. The van der Waals surface area contributed by atoms with Crippen molar-refractivity contribution in [3.63, 3.8) is 0 Å². The second-order valence-corrected chi connectivity index (χ2v) is 10.9. The minimum atomic E-state index is -0.218. The lowest BCUT2D eigenvalue weighted by atomic mass is 9.81. The van der Waals surface area contributed by atoms with Crippen molar-refractivity contribution in [2.75, 3.05) is 50.7 Å². The number of amides is 2. The van der Waals surface area contributed by atoms with E-state index in [0.717, 1.165) is 50.0 Å². The average Bonchev–Trinajstić information content (AvgIpc) is 3.39. The molecular weight excluding hydrogens is 480 g/mol. The summed E-state index contributed by atoms with van der Waals surface area (Å²) in [7, 11) is 3.63. The van der Waals surface area contributed by atoms with E-state index in [1.807, 2.05) is 48.3 Å². The number of rotatable bonds is 8. The van der Waals surface area contributed by atoms with E-state index in [2.05, 4.69) is 27.7 Å². The Bertz CT molecular complexity index is 1120. The molecule has 3 aliphatic rings. The maximum Gasteiger partial charge on any atom is 0.251 e. The zero-order valence-corrected chi connectivity index (χ0v) is 22.4. The molecule has 1 saturated heterocycles. The molecule has 1 aliphatic carbocycles. The maximum atomic E-state index is 14.1. The fraction of sp³-hybridized carbons (Fsp3) is 0.533. The number of ether oxygens (including phenoxy) is 1. The molecule has 0 spiro atoms. The van der Waals surface area contributed by atoms with Crippen LogP contribution in [-0.4, -0.2) is 74.4 Å². The molecule has 5 rings (SSSR count). The molecule has 204 valence electrons. The van der Waals surface area contributed by atoms with Crippen molar-refractivity contribution in [3.8, 4) is 0 Å². The quantitative estimate of drug-likeness (QED) is 0.494. The van der Waals surface area contributed by atoms with E-state index in [9.17, 15) is 14.7 Å². The molecule has 38 heavy (non-hydrogen) atoms. The molecule has 2 aromatic rings. The number of carbonyl (C=O) groups is 2. The number of nitrogens with one attached hydrogen (secondary N) is 2. The number of methoxy groups -OCH3 is 1. The fourth-order valence-corrected chi connectivity index (χ4v) is 6.63. The summed E-state index contributed by atoms with van der Waals surface area (Å²) < 4.78 is 5.52. The number of likely N-dealkylation sites (N-methyl/N-ethyl adjacent to an activating group) is 1. The highest BCUT2D eigenvalue weighted by atomic mass is 16.5. The molecule has 2 aromatic carbocycles. The van der Waals surface area contributed by atoms with Crippen molar-refractivity contribution in [3.05, 3.63) is 59.7 Å². The molecule has 2 aliphatic heterocycles. The average molecular weight is 521 g/mol. The number of carbonyl (C=O) groups excluding carboxylic acids is 2. The van der Waals surface area contributed by atoms with Crippen LogP contribution in [0.25, 0.3) is 0 Å². The number of anilines is 2. The van der Waals surface area contributed by atoms with Gasteiger partial charge in [0, 0.05) is 56.1 Å². The van der Waals surface area contributed by atoms with Crippen LogP contribution in [0.15, 0.2) is 48.5 Å². The molecular formula is C30H40N4O4. The van der Waals surface area contributed by atoms with E-state index in [1.54, 1.807) is 7.11 Å². The van der Waals surface area contributed by atoms with Gasteiger partial charge in [-0.2, -0.15) is 0 Å². The Balaban J connectivity index is 1.32. The van der Waals surface area contributed by atoms with E-state index in [4.69, 9.17) is 4.74 Å². The lowest BCUT2D eigenvalue weighted by Crippen LogP contribution is -2.50. The zero-order chi connectivity index (χ0) is 26.6. The van der Waals surface area contributed by atoms with Crippen molar-refractivity contribution >= 4 is 23.2 Å². The van der Waals surface area contributed by atoms with Gasteiger partial charge in [-0.1, -0.05) is 31.0 Å². The first-order chi connectivity index (χ1) is 18.5. The third-order valence-electron chi connectivity index (χ3n) is 8.62. The van der Waals surface area contributed by atoms with Crippen molar-refractivity contribution in [2.45, 2.75) is 50.2 Å². The van der Waals surface area contributed by atoms with Crippen molar-refractivity contribution in [1.82, 2.24) is 10.2 Å². The molecule has 0 aromatic heterocycles. The van der Waals surface area contributed by atoms with E-state index in [-0.39, 0.29) is 42.5 Å². The van der Waals surface area contributed by atoms with Gasteiger partial charge in [0.05, 0.1) is 31.2 Å². The molecule has 0 radical (unpaired) electrons. The Morgan fingerprint density at radius 2 is 1.87 bits per heavy atom. The normalized spacial score (nSPS) is 26.2. The number of nitrogens with zero attached hydrogens (tertiary/aromatic N) is 2. The summed E-state index contributed by atoms with van der Waals surface area (Å²) >= 11 is 0. The van der Waals surface area contributed by atoms with E-state index in [0.29, 0.717) is 24.6 Å². The van der Waals surface area contributed by atoms with Crippen LogP contribution >= 0.6 is 0 Å². The summed E-state index contributed by atoms with van der Waals surface area (Å²) in [4.78, 5) is 31.4. The molecule has 2 amide bonds. The number of aliphatic hydroxyl groups excluding tert-OH is 1. The highest BCUT2D eigenvalue weighted by molar-refractivity contribution is 5.95. The minimum absolute atomic E-state index is 0.0295. The van der Waals surface area contributed by atoms with Gasteiger partial charge in [0.15, 0.2) is 0 Å². The predicted octanol–water partition coefficient (Wildman–Crippen LogP) is 3.43. The number of hydrogen-bond donors (Lipinski definition) is 3.